The van der Waals surface area contributed by atoms with Crippen LogP contribution in [-0.2, 0) is 11.2 Å². The quantitative estimate of drug-likeness (QED) is 0.396. The van der Waals surface area contributed by atoms with Gasteiger partial charge in [0.15, 0.2) is 0 Å². The highest BCUT2D eigenvalue weighted by molar-refractivity contribution is 6.44. The Morgan fingerprint density at radius 1 is 0.862 bits per heavy atom. The molecule has 0 heterocycles. The van der Waals surface area contributed by atoms with Gasteiger partial charge >= 0.3 is 0 Å². The fourth-order valence-electron chi connectivity index (χ4n) is 2.62. The van der Waals surface area contributed by atoms with Gasteiger partial charge in [-0.15, -0.1) is 0 Å². The monoisotopic (exact) mass is 448 g/mol. The van der Waals surface area contributed by atoms with E-state index in [1.54, 1.807) is 0 Å². The summed E-state index contributed by atoms with van der Waals surface area (Å²) < 4.78 is 5.81. The van der Waals surface area contributed by atoms with Crippen molar-refractivity contribution in [2.75, 3.05) is 23.8 Å². The zero-order valence-electron chi connectivity index (χ0n) is 15.4. The Morgan fingerprint density at radius 3 is 2.41 bits per heavy atom. The van der Waals surface area contributed by atoms with E-state index in [1.807, 2.05) is 42.5 Å². The molecule has 0 unspecified atom stereocenters. The number of hydrogen-bond acceptors (Lipinski definition) is 3. The molecule has 0 aromatic heterocycles. The molecule has 0 fully saturated rings. The van der Waals surface area contributed by atoms with Gasteiger partial charge in [0, 0.05) is 18.2 Å². The van der Waals surface area contributed by atoms with E-state index in [0.717, 1.165) is 17.9 Å². The molecule has 2 N–H and O–H groups in total. The number of carbonyl (C=O) groups is 1. The van der Waals surface area contributed by atoms with Crippen LogP contribution in [-0.4, -0.2) is 19.1 Å². The molecule has 0 atom stereocenters. The van der Waals surface area contributed by atoms with Crippen molar-refractivity contribution < 1.29 is 9.53 Å². The molecule has 0 aliphatic carbocycles. The van der Waals surface area contributed by atoms with Gasteiger partial charge in [-0.2, -0.15) is 0 Å². The van der Waals surface area contributed by atoms with Crippen molar-refractivity contribution in [3.63, 3.8) is 0 Å². The lowest BCUT2D eigenvalue weighted by Crippen LogP contribution is -2.22. The molecular weight excluding hydrogens is 431 g/mol. The number of nitrogens with one attached hydrogen (secondary N) is 2. The van der Waals surface area contributed by atoms with Crippen molar-refractivity contribution in [1.82, 2.24) is 0 Å². The Morgan fingerprint density at radius 2 is 1.62 bits per heavy atom. The molecule has 29 heavy (non-hydrogen) atoms. The summed E-state index contributed by atoms with van der Waals surface area (Å²) in [5, 5.41) is 6.74. The van der Waals surface area contributed by atoms with Crippen LogP contribution in [0, 0.1) is 0 Å². The molecule has 0 saturated heterocycles. The van der Waals surface area contributed by atoms with E-state index in [9.17, 15) is 4.79 Å². The standard InChI is InChI=1S/C22H19Cl3N2O2/c23-18-12-20(25)21(13-19(18)24)27-22(28)14-26-16-7-4-8-17(11-16)29-10-9-15-5-2-1-3-6-15/h1-8,11-13,26H,9-10,14H2,(H,27,28). The summed E-state index contributed by atoms with van der Waals surface area (Å²) in [6.07, 6.45) is 0.825. The Balaban J connectivity index is 1.50. The van der Waals surface area contributed by atoms with Gasteiger partial charge in [0.2, 0.25) is 5.91 Å². The van der Waals surface area contributed by atoms with Gasteiger partial charge in [-0.25, -0.2) is 0 Å². The van der Waals surface area contributed by atoms with Crippen molar-refractivity contribution in [2.45, 2.75) is 6.42 Å². The van der Waals surface area contributed by atoms with Gasteiger partial charge in [-0.05, 0) is 29.8 Å². The lowest BCUT2D eigenvalue weighted by molar-refractivity contribution is -0.114. The fourth-order valence-corrected chi connectivity index (χ4v) is 3.22. The molecule has 7 heteroatoms. The van der Waals surface area contributed by atoms with E-state index in [1.165, 1.54) is 17.7 Å². The molecule has 3 rings (SSSR count). The van der Waals surface area contributed by atoms with Crippen LogP contribution in [0.4, 0.5) is 11.4 Å². The molecule has 4 nitrogen and oxygen atoms in total. The first kappa shape index (κ1) is 21.3. The number of rotatable bonds is 8. The van der Waals surface area contributed by atoms with E-state index in [4.69, 9.17) is 39.5 Å². The van der Waals surface area contributed by atoms with Crippen LogP contribution in [0.2, 0.25) is 15.1 Å². The molecule has 150 valence electrons. The van der Waals surface area contributed by atoms with E-state index in [-0.39, 0.29) is 12.5 Å². The van der Waals surface area contributed by atoms with Crippen molar-refractivity contribution in [1.29, 1.82) is 0 Å². The van der Waals surface area contributed by atoms with Crippen LogP contribution < -0.4 is 15.4 Å². The first-order valence-corrected chi connectivity index (χ1v) is 10.1. The average Bonchev–Trinajstić information content (AvgIpc) is 2.72. The molecule has 0 aliphatic rings. The van der Waals surface area contributed by atoms with Crippen LogP contribution in [0.25, 0.3) is 0 Å². The van der Waals surface area contributed by atoms with Gasteiger partial charge in [0.1, 0.15) is 5.75 Å². The zero-order valence-corrected chi connectivity index (χ0v) is 17.7. The maximum Gasteiger partial charge on any atom is 0.243 e. The highest BCUT2D eigenvalue weighted by atomic mass is 35.5. The van der Waals surface area contributed by atoms with Gasteiger partial charge in [0.25, 0.3) is 0 Å². The van der Waals surface area contributed by atoms with Crippen LogP contribution >= 0.6 is 34.8 Å². The number of carbonyl (C=O) groups excluding carboxylic acids is 1. The zero-order chi connectivity index (χ0) is 20.6. The average molecular weight is 450 g/mol. The van der Waals surface area contributed by atoms with Crippen molar-refractivity contribution in [2.24, 2.45) is 0 Å². The molecule has 3 aromatic rings. The lowest BCUT2D eigenvalue weighted by Gasteiger charge is -2.11. The molecule has 0 spiro atoms. The number of hydrogen-bond donors (Lipinski definition) is 2. The Labute approximate surface area is 184 Å². The number of amides is 1. The second kappa shape index (κ2) is 10.4. The summed E-state index contributed by atoms with van der Waals surface area (Å²) in [4.78, 5) is 12.2. The summed E-state index contributed by atoms with van der Waals surface area (Å²) in [6, 6.07) is 20.6. The van der Waals surface area contributed by atoms with Gasteiger partial charge < -0.3 is 15.4 Å². The van der Waals surface area contributed by atoms with Crippen molar-refractivity contribution >= 4 is 52.1 Å². The van der Waals surface area contributed by atoms with E-state index in [2.05, 4.69) is 22.8 Å². The molecule has 1 amide bonds. The second-order valence-electron chi connectivity index (χ2n) is 6.26. The Kier molecular flexibility index (Phi) is 7.64. The second-order valence-corrected chi connectivity index (χ2v) is 7.48. The third-order valence-corrected chi connectivity index (χ3v) is 5.11. The summed E-state index contributed by atoms with van der Waals surface area (Å²) in [7, 11) is 0. The predicted molar refractivity (Wildman–Crippen MR) is 121 cm³/mol. The summed E-state index contributed by atoms with van der Waals surface area (Å²) in [5.74, 6) is 0.472. The van der Waals surface area contributed by atoms with Crippen LogP contribution in [0.5, 0.6) is 5.75 Å². The van der Waals surface area contributed by atoms with E-state index < -0.39 is 0 Å². The molecule has 0 bridgehead atoms. The third kappa shape index (κ3) is 6.57. The topological polar surface area (TPSA) is 50.4 Å². The Hall–Kier alpha value is -2.40. The Bertz CT molecular complexity index is 981. The van der Waals surface area contributed by atoms with Crippen molar-refractivity contribution in [3.05, 3.63) is 87.4 Å². The molecular formula is C22H19Cl3N2O2. The first-order chi connectivity index (χ1) is 14.0. The predicted octanol–water partition coefficient (Wildman–Crippen LogP) is 6.32. The minimum atomic E-state index is -0.263. The largest absolute Gasteiger partial charge is 0.493 e. The number of halogens is 3. The first-order valence-electron chi connectivity index (χ1n) is 8.96. The van der Waals surface area contributed by atoms with Gasteiger partial charge in [0.05, 0.1) is 33.9 Å². The number of benzene rings is 3. The summed E-state index contributed by atoms with van der Waals surface area (Å²) in [6.45, 7) is 0.633. The van der Waals surface area contributed by atoms with Crippen molar-refractivity contribution in [3.8, 4) is 5.75 Å². The van der Waals surface area contributed by atoms with E-state index >= 15 is 0 Å². The highest BCUT2D eigenvalue weighted by Gasteiger charge is 2.09. The van der Waals surface area contributed by atoms with E-state index in [0.29, 0.717) is 27.4 Å². The third-order valence-electron chi connectivity index (χ3n) is 4.07. The molecule has 0 aliphatic heterocycles. The minimum Gasteiger partial charge on any atom is -0.493 e. The van der Waals surface area contributed by atoms with Gasteiger partial charge in [-0.3, -0.25) is 4.79 Å². The maximum atomic E-state index is 12.2. The lowest BCUT2D eigenvalue weighted by atomic mass is 10.2. The smallest absolute Gasteiger partial charge is 0.243 e. The highest BCUT2D eigenvalue weighted by Crippen LogP contribution is 2.32. The summed E-state index contributed by atoms with van der Waals surface area (Å²) >= 11 is 17.9. The fraction of sp³-hybridized carbons (Fsp3) is 0.136. The van der Waals surface area contributed by atoms with Gasteiger partial charge in [-0.1, -0.05) is 71.2 Å². The molecule has 0 radical (unpaired) electrons. The van der Waals surface area contributed by atoms with Crippen LogP contribution in [0.1, 0.15) is 5.56 Å². The van der Waals surface area contributed by atoms with Crippen LogP contribution in [0.15, 0.2) is 66.7 Å². The summed E-state index contributed by atoms with van der Waals surface area (Å²) in [5.41, 5.74) is 2.41. The molecule has 3 aromatic carbocycles. The van der Waals surface area contributed by atoms with Crippen LogP contribution in [0.3, 0.4) is 0 Å². The maximum absolute atomic E-state index is 12.2. The molecule has 0 saturated carbocycles. The number of anilines is 2. The SMILES string of the molecule is O=C(CNc1cccc(OCCc2ccccc2)c1)Nc1cc(Cl)c(Cl)cc1Cl. The normalized spacial score (nSPS) is 10.4. The number of ether oxygens (including phenoxy) is 1. The minimum absolute atomic E-state index is 0.0596.